The summed E-state index contributed by atoms with van der Waals surface area (Å²) in [5, 5.41) is 5.34. The average molecular weight is 576 g/mol. The Morgan fingerprint density at radius 1 is 0.854 bits per heavy atom. The molecule has 0 aromatic heterocycles. The van der Waals surface area contributed by atoms with Crippen LogP contribution in [0.1, 0.15) is 40.1 Å². The molecule has 1 aliphatic heterocycles. The van der Waals surface area contributed by atoms with Crippen LogP contribution in [0.2, 0.25) is 0 Å². The number of anilines is 3. The quantitative estimate of drug-likeness (QED) is 0.278. The second-order valence-corrected chi connectivity index (χ2v) is 9.63. The lowest BCUT2D eigenvalue weighted by Crippen LogP contribution is -2.32. The predicted molar refractivity (Wildman–Crippen MR) is 153 cm³/mol. The summed E-state index contributed by atoms with van der Waals surface area (Å²) in [6, 6.07) is 19.0. The zero-order chi connectivity index (χ0) is 29.7. The van der Waals surface area contributed by atoms with Crippen molar-refractivity contribution >= 4 is 58.3 Å². The number of hydrogen-bond donors (Lipinski definition) is 2. The third-order valence-corrected chi connectivity index (χ3v) is 6.24. The highest BCUT2D eigenvalue weighted by molar-refractivity contribution is 6.53. The number of nitrogens with zero attached hydrogens (tertiary/aromatic N) is 1. The lowest BCUT2D eigenvalue weighted by atomic mass is 10.1. The second-order valence-electron chi connectivity index (χ2n) is 9.25. The number of esters is 2. The van der Waals surface area contributed by atoms with E-state index in [-0.39, 0.29) is 40.4 Å². The van der Waals surface area contributed by atoms with Gasteiger partial charge in [-0.1, -0.05) is 29.8 Å². The zero-order valence-electron chi connectivity index (χ0n) is 22.4. The van der Waals surface area contributed by atoms with Crippen molar-refractivity contribution in [2.45, 2.75) is 26.4 Å². The van der Waals surface area contributed by atoms with Crippen molar-refractivity contribution in [3.05, 3.63) is 100 Å². The van der Waals surface area contributed by atoms with Crippen LogP contribution in [0, 0.1) is 0 Å². The number of methoxy groups -OCH3 is 1. The van der Waals surface area contributed by atoms with Crippen LogP contribution in [-0.4, -0.2) is 42.9 Å². The van der Waals surface area contributed by atoms with E-state index >= 15 is 0 Å². The molecule has 0 unspecified atom stereocenters. The standard InChI is InChI=1S/C30H26ClN3O7/c1-17(2)41-30(39)19-9-13-21(14-10-19)32-24(35)15-18-7-11-22(12-8-18)33-26-25(31)27(36)34(28(26)37)23-6-4-5-20(16-23)29(38)40-3/h4-14,16-17,33H,15H2,1-3H3,(H,32,35). The van der Waals surface area contributed by atoms with Crippen molar-refractivity contribution in [2.75, 3.05) is 22.6 Å². The van der Waals surface area contributed by atoms with Gasteiger partial charge in [0.2, 0.25) is 5.91 Å². The molecule has 11 heteroatoms. The van der Waals surface area contributed by atoms with E-state index in [1.807, 2.05) is 0 Å². The first-order chi connectivity index (χ1) is 19.6. The Labute approximate surface area is 240 Å². The zero-order valence-corrected chi connectivity index (χ0v) is 23.2. The smallest absolute Gasteiger partial charge is 0.338 e. The van der Waals surface area contributed by atoms with Gasteiger partial charge in [-0.15, -0.1) is 0 Å². The Hall–Kier alpha value is -4.96. The summed E-state index contributed by atoms with van der Waals surface area (Å²) >= 11 is 6.21. The van der Waals surface area contributed by atoms with Gasteiger partial charge >= 0.3 is 11.9 Å². The molecule has 41 heavy (non-hydrogen) atoms. The van der Waals surface area contributed by atoms with E-state index in [0.717, 1.165) is 4.90 Å². The molecule has 3 aromatic carbocycles. The van der Waals surface area contributed by atoms with E-state index in [1.165, 1.54) is 31.4 Å². The molecule has 3 aromatic rings. The molecule has 0 radical (unpaired) electrons. The molecule has 1 heterocycles. The Kier molecular flexibility index (Phi) is 8.84. The summed E-state index contributed by atoms with van der Waals surface area (Å²) in [7, 11) is 1.23. The highest BCUT2D eigenvalue weighted by Gasteiger charge is 2.39. The maximum Gasteiger partial charge on any atom is 0.338 e. The number of hydrogen-bond acceptors (Lipinski definition) is 8. The van der Waals surface area contributed by atoms with Gasteiger partial charge < -0.3 is 20.1 Å². The number of nitrogens with one attached hydrogen (secondary N) is 2. The normalized spacial score (nSPS) is 13.0. The van der Waals surface area contributed by atoms with Crippen LogP contribution in [0.3, 0.4) is 0 Å². The minimum Gasteiger partial charge on any atom is -0.465 e. The predicted octanol–water partition coefficient (Wildman–Crippen LogP) is 4.66. The second kappa shape index (κ2) is 12.5. The van der Waals surface area contributed by atoms with Crippen LogP contribution in [0.5, 0.6) is 0 Å². The van der Waals surface area contributed by atoms with Crippen molar-refractivity contribution in [1.82, 2.24) is 0 Å². The molecule has 1 aliphatic rings. The molecule has 4 rings (SSSR count). The van der Waals surface area contributed by atoms with Crippen molar-refractivity contribution in [3.8, 4) is 0 Å². The summed E-state index contributed by atoms with van der Waals surface area (Å²) in [5.41, 5.74) is 2.30. The third-order valence-electron chi connectivity index (χ3n) is 5.89. The number of imide groups is 1. The van der Waals surface area contributed by atoms with Crippen molar-refractivity contribution in [2.24, 2.45) is 0 Å². The van der Waals surface area contributed by atoms with E-state index in [1.54, 1.807) is 62.4 Å². The fourth-order valence-corrected chi connectivity index (χ4v) is 4.16. The maximum absolute atomic E-state index is 13.1. The largest absolute Gasteiger partial charge is 0.465 e. The lowest BCUT2D eigenvalue weighted by molar-refractivity contribution is -0.120. The topological polar surface area (TPSA) is 131 Å². The van der Waals surface area contributed by atoms with E-state index in [0.29, 0.717) is 22.5 Å². The molecule has 0 fully saturated rings. The molecule has 0 atom stereocenters. The van der Waals surface area contributed by atoms with Crippen LogP contribution >= 0.6 is 11.6 Å². The third kappa shape index (κ3) is 6.79. The summed E-state index contributed by atoms with van der Waals surface area (Å²) < 4.78 is 9.85. The van der Waals surface area contributed by atoms with Gasteiger partial charge in [-0.25, -0.2) is 14.5 Å². The van der Waals surface area contributed by atoms with Crippen LogP contribution in [0.15, 0.2) is 83.5 Å². The van der Waals surface area contributed by atoms with Crippen molar-refractivity contribution < 1.29 is 33.4 Å². The Balaban J connectivity index is 1.37. The molecule has 3 amide bonds. The molecular weight excluding hydrogens is 550 g/mol. The van der Waals surface area contributed by atoms with Gasteiger partial charge in [0.05, 0.1) is 36.4 Å². The van der Waals surface area contributed by atoms with E-state index < -0.39 is 23.8 Å². The van der Waals surface area contributed by atoms with Gasteiger partial charge in [0.1, 0.15) is 10.7 Å². The summed E-state index contributed by atoms with van der Waals surface area (Å²) in [5.74, 6) is -2.74. The van der Waals surface area contributed by atoms with Crippen LogP contribution in [0.4, 0.5) is 17.1 Å². The summed E-state index contributed by atoms with van der Waals surface area (Å²) in [6.45, 7) is 3.53. The molecule has 10 nitrogen and oxygen atoms in total. The first-order valence-corrected chi connectivity index (χ1v) is 12.9. The molecule has 0 spiro atoms. The summed E-state index contributed by atoms with van der Waals surface area (Å²) in [4.78, 5) is 63.1. The Bertz CT molecular complexity index is 1550. The van der Waals surface area contributed by atoms with Crippen molar-refractivity contribution in [1.29, 1.82) is 0 Å². The highest BCUT2D eigenvalue weighted by Crippen LogP contribution is 2.30. The Morgan fingerprint density at radius 2 is 1.51 bits per heavy atom. The SMILES string of the molecule is COC(=O)c1cccc(N2C(=O)C(Cl)=C(Nc3ccc(CC(=O)Nc4ccc(C(=O)OC(C)C)cc4)cc3)C2=O)c1. The van der Waals surface area contributed by atoms with Crippen LogP contribution < -0.4 is 15.5 Å². The Morgan fingerprint density at radius 3 is 2.15 bits per heavy atom. The molecule has 210 valence electrons. The number of amides is 3. The minimum absolute atomic E-state index is 0.0720. The van der Waals surface area contributed by atoms with Gasteiger partial charge in [-0.05, 0) is 74.0 Å². The van der Waals surface area contributed by atoms with E-state index in [4.69, 9.17) is 21.1 Å². The molecule has 0 bridgehead atoms. The van der Waals surface area contributed by atoms with Gasteiger partial charge in [0, 0.05) is 11.4 Å². The van der Waals surface area contributed by atoms with Crippen LogP contribution in [-0.2, 0) is 30.3 Å². The number of rotatable bonds is 9. The molecule has 0 saturated carbocycles. The first-order valence-electron chi connectivity index (χ1n) is 12.5. The van der Waals surface area contributed by atoms with Gasteiger partial charge in [-0.2, -0.15) is 0 Å². The molecule has 0 aliphatic carbocycles. The number of carbonyl (C=O) groups is 5. The van der Waals surface area contributed by atoms with Crippen molar-refractivity contribution in [3.63, 3.8) is 0 Å². The number of halogens is 1. The van der Waals surface area contributed by atoms with E-state index in [9.17, 15) is 24.0 Å². The maximum atomic E-state index is 13.1. The number of ether oxygens (including phenoxy) is 2. The first kappa shape index (κ1) is 29.0. The molecular formula is C30H26ClN3O7. The van der Waals surface area contributed by atoms with Gasteiger partial charge in [0.15, 0.2) is 0 Å². The summed E-state index contributed by atoms with van der Waals surface area (Å²) in [6.07, 6.45) is -0.159. The fourth-order valence-electron chi connectivity index (χ4n) is 3.95. The lowest BCUT2D eigenvalue weighted by Gasteiger charge is -2.16. The number of carbonyl (C=O) groups excluding carboxylic acids is 5. The van der Waals surface area contributed by atoms with Crippen LogP contribution in [0.25, 0.3) is 0 Å². The molecule has 2 N–H and O–H groups in total. The van der Waals surface area contributed by atoms with E-state index in [2.05, 4.69) is 10.6 Å². The average Bonchev–Trinajstić information content (AvgIpc) is 3.16. The minimum atomic E-state index is -0.737. The highest BCUT2D eigenvalue weighted by atomic mass is 35.5. The van der Waals surface area contributed by atoms with Gasteiger partial charge in [-0.3, -0.25) is 14.4 Å². The van der Waals surface area contributed by atoms with Gasteiger partial charge in [0.25, 0.3) is 11.8 Å². The fraction of sp³-hybridized carbons (Fsp3) is 0.167. The number of benzene rings is 3. The molecule has 0 saturated heterocycles. The monoisotopic (exact) mass is 575 g/mol.